The van der Waals surface area contributed by atoms with E-state index in [2.05, 4.69) is 5.32 Å². The lowest BCUT2D eigenvalue weighted by atomic mass is 10.3. The zero-order valence-electron chi connectivity index (χ0n) is 8.73. The minimum absolute atomic E-state index is 0.437. The van der Waals surface area contributed by atoms with E-state index < -0.39 is 0 Å². The lowest BCUT2D eigenvalue weighted by Crippen LogP contribution is -2.26. The number of methoxy groups -OCH3 is 1. The van der Waals surface area contributed by atoms with Gasteiger partial charge in [0.25, 0.3) is 0 Å². The molecule has 1 aliphatic heterocycles. The Balaban J connectivity index is 1.82. The summed E-state index contributed by atoms with van der Waals surface area (Å²) in [6.07, 6.45) is 0. The van der Waals surface area contributed by atoms with Crippen LogP contribution in [0.2, 0.25) is 0 Å². The lowest BCUT2D eigenvalue weighted by molar-refractivity contribution is 0.306. The van der Waals surface area contributed by atoms with Crippen molar-refractivity contribution in [2.45, 2.75) is 5.37 Å². The Labute approximate surface area is 94.2 Å². The summed E-state index contributed by atoms with van der Waals surface area (Å²) < 4.78 is 10.7. The van der Waals surface area contributed by atoms with Crippen molar-refractivity contribution >= 4 is 11.8 Å². The van der Waals surface area contributed by atoms with Gasteiger partial charge in [-0.1, -0.05) is 0 Å². The number of thioether (sulfide) groups is 1. The zero-order valence-corrected chi connectivity index (χ0v) is 9.55. The summed E-state index contributed by atoms with van der Waals surface area (Å²) in [5, 5.41) is 3.80. The number of hydrogen-bond acceptors (Lipinski definition) is 4. The molecule has 1 heterocycles. The molecule has 3 nitrogen and oxygen atoms in total. The first kappa shape index (κ1) is 10.6. The van der Waals surface area contributed by atoms with Crippen LogP contribution in [0.25, 0.3) is 0 Å². The topological polar surface area (TPSA) is 30.5 Å². The molecule has 1 N–H and O–H groups in total. The third kappa shape index (κ3) is 3.04. The van der Waals surface area contributed by atoms with Crippen LogP contribution in [0.5, 0.6) is 11.5 Å². The standard InChI is InChI=1S/C11H15NO2S/c1-13-9-2-4-10(5-3-9)14-8-11-12-6-7-15-11/h2-5,11-12H,6-8H2,1H3. The molecule has 15 heavy (non-hydrogen) atoms. The highest BCUT2D eigenvalue weighted by Crippen LogP contribution is 2.19. The fourth-order valence-electron chi connectivity index (χ4n) is 1.43. The molecule has 1 saturated heterocycles. The van der Waals surface area contributed by atoms with Crippen molar-refractivity contribution in [2.75, 3.05) is 26.0 Å². The molecule has 1 aromatic carbocycles. The maximum atomic E-state index is 5.65. The maximum Gasteiger partial charge on any atom is 0.119 e. The molecule has 0 spiro atoms. The van der Waals surface area contributed by atoms with E-state index in [9.17, 15) is 0 Å². The fourth-order valence-corrected chi connectivity index (χ4v) is 2.35. The van der Waals surface area contributed by atoms with Crippen LogP contribution in [-0.4, -0.2) is 31.4 Å². The van der Waals surface area contributed by atoms with E-state index in [4.69, 9.17) is 9.47 Å². The van der Waals surface area contributed by atoms with Crippen LogP contribution >= 0.6 is 11.8 Å². The Morgan fingerprint density at radius 2 is 2.07 bits per heavy atom. The second-order valence-electron chi connectivity index (χ2n) is 3.30. The second kappa shape index (κ2) is 5.28. The van der Waals surface area contributed by atoms with Gasteiger partial charge in [-0.25, -0.2) is 0 Å². The summed E-state index contributed by atoms with van der Waals surface area (Å²) in [6.45, 7) is 1.80. The van der Waals surface area contributed by atoms with Crippen LogP contribution in [0.15, 0.2) is 24.3 Å². The van der Waals surface area contributed by atoms with Crippen LogP contribution in [-0.2, 0) is 0 Å². The van der Waals surface area contributed by atoms with Crippen LogP contribution in [0.1, 0.15) is 0 Å². The van der Waals surface area contributed by atoms with E-state index in [-0.39, 0.29) is 0 Å². The minimum atomic E-state index is 0.437. The normalized spacial score (nSPS) is 20.2. The third-order valence-corrected chi connectivity index (χ3v) is 3.40. The highest BCUT2D eigenvalue weighted by Gasteiger charge is 2.14. The van der Waals surface area contributed by atoms with Gasteiger partial charge in [-0.05, 0) is 24.3 Å². The summed E-state index contributed by atoms with van der Waals surface area (Å²) in [5.41, 5.74) is 0. The van der Waals surface area contributed by atoms with Crippen molar-refractivity contribution in [2.24, 2.45) is 0 Å². The Morgan fingerprint density at radius 1 is 1.33 bits per heavy atom. The zero-order chi connectivity index (χ0) is 10.5. The molecule has 0 bridgehead atoms. The average Bonchev–Trinajstić information content (AvgIpc) is 2.80. The van der Waals surface area contributed by atoms with Crippen molar-refractivity contribution in [1.29, 1.82) is 0 Å². The molecular formula is C11H15NO2S. The Bertz CT molecular complexity index is 296. The minimum Gasteiger partial charge on any atom is -0.497 e. The fraction of sp³-hybridized carbons (Fsp3) is 0.455. The monoisotopic (exact) mass is 225 g/mol. The van der Waals surface area contributed by atoms with E-state index in [0.29, 0.717) is 5.37 Å². The molecule has 0 aromatic heterocycles. The molecule has 0 aliphatic carbocycles. The van der Waals surface area contributed by atoms with Gasteiger partial charge < -0.3 is 14.8 Å². The Hall–Kier alpha value is -0.870. The van der Waals surface area contributed by atoms with Crippen LogP contribution in [0.3, 0.4) is 0 Å². The van der Waals surface area contributed by atoms with Crippen molar-refractivity contribution < 1.29 is 9.47 Å². The second-order valence-corrected chi connectivity index (χ2v) is 4.61. The van der Waals surface area contributed by atoms with Gasteiger partial charge in [-0.2, -0.15) is 0 Å². The first-order valence-corrected chi connectivity index (χ1v) is 6.05. The first-order valence-electron chi connectivity index (χ1n) is 5.00. The molecule has 0 saturated carbocycles. The molecule has 82 valence electrons. The highest BCUT2D eigenvalue weighted by atomic mass is 32.2. The van der Waals surface area contributed by atoms with E-state index in [0.717, 1.165) is 24.7 Å². The smallest absolute Gasteiger partial charge is 0.119 e. The van der Waals surface area contributed by atoms with Crippen LogP contribution < -0.4 is 14.8 Å². The van der Waals surface area contributed by atoms with Gasteiger partial charge in [0.1, 0.15) is 18.1 Å². The first-order chi connectivity index (χ1) is 7.38. The quantitative estimate of drug-likeness (QED) is 0.845. The summed E-state index contributed by atoms with van der Waals surface area (Å²) in [6, 6.07) is 7.67. The Morgan fingerprint density at radius 3 is 2.67 bits per heavy atom. The molecule has 0 amide bonds. The molecule has 1 fully saturated rings. The van der Waals surface area contributed by atoms with Gasteiger partial charge in [0.15, 0.2) is 0 Å². The molecule has 1 aromatic rings. The number of rotatable bonds is 4. The van der Waals surface area contributed by atoms with E-state index in [1.807, 2.05) is 36.0 Å². The molecular weight excluding hydrogens is 210 g/mol. The number of benzene rings is 1. The van der Waals surface area contributed by atoms with Gasteiger partial charge >= 0.3 is 0 Å². The molecule has 2 rings (SSSR count). The van der Waals surface area contributed by atoms with Crippen molar-refractivity contribution in [3.05, 3.63) is 24.3 Å². The van der Waals surface area contributed by atoms with Gasteiger partial charge in [-0.15, -0.1) is 11.8 Å². The molecule has 1 aliphatic rings. The Kier molecular flexibility index (Phi) is 3.75. The van der Waals surface area contributed by atoms with Gasteiger partial charge in [0.2, 0.25) is 0 Å². The average molecular weight is 225 g/mol. The van der Waals surface area contributed by atoms with E-state index >= 15 is 0 Å². The third-order valence-electron chi connectivity index (χ3n) is 2.25. The number of hydrogen-bond donors (Lipinski definition) is 1. The van der Waals surface area contributed by atoms with E-state index in [1.54, 1.807) is 7.11 Å². The van der Waals surface area contributed by atoms with Crippen molar-refractivity contribution in [3.63, 3.8) is 0 Å². The van der Waals surface area contributed by atoms with Gasteiger partial charge in [0, 0.05) is 12.3 Å². The van der Waals surface area contributed by atoms with Gasteiger partial charge in [-0.3, -0.25) is 0 Å². The molecule has 0 radical (unpaired) electrons. The number of ether oxygens (including phenoxy) is 2. The van der Waals surface area contributed by atoms with Crippen LogP contribution in [0, 0.1) is 0 Å². The highest BCUT2D eigenvalue weighted by molar-refractivity contribution is 8.00. The van der Waals surface area contributed by atoms with Crippen molar-refractivity contribution in [3.8, 4) is 11.5 Å². The van der Waals surface area contributed by atoms with Gasteiger partial charge in [0.05, 0.1) is 12.5 Å². The SMILES string of the molecule is COc1ccc(OCC2NCCS2)cc1. The summed E-state index contributed by atoms with van der Waals surface area (Å²) in [7, 11) is 1.66. The van der Waals surface area contributed by atoms with Crippen molar-refractivity contribution in [1.82, 2.24) is 5.32 Å². The lowest BCUT2D eigenvalue weighted by Gasteiger charge is -2.11. The largest absolute Gasteiger partial charge is 0.497 e. The summed E-state index contributed by atoms with van der Waals surface area (Å²) in [4.78, 5) is 0. The molecule has 4 heteroatoms. The van der Waals surface area contributed by atoms with Crippen LogP contribution in [0.4, 0.5) is 0 Å². The van der Waals surface area contributed by atoms with E-state index in [1.165, 1.54) is 5.75 Å². The molecule has 1 unspecified atom stereocenters. The summed E-state index contributed by atoms with van der Waals surface area (Å²) >= 11 is 1.91. The maximum absolute atomic E-state index is 5.65. The molecule has 1 atom stereocenters. The predicted molar refractivity (Wildman–Crippen MR) is 62.7 cm³/mol. The summed E-state index contributed by atoms with van der Waals surface area (Å²) in [5.74, 6) is 2.93. The number of nitrogens with one attached hydrogen (secondary N) is 1. The predicted octanol–water partition coefficient (Wildman–Crippen LogP) is 1.74.